The summed E-state index contributed by atoms with van der Waals surface area (Å²) in [7, 11) is 0. The summed E-state index contributed by atoms with van der Waals surface area (Å²) >= 11 is 0. The van der Waals surface area contributed by atoms with E-state index in [1.54, 1.807) is 0 Å². The van der Waals surface area contributed by atoms with Crippen molar-refractivity contribution in [3.63, 3.8) is 0 Å². The normalized spacial score (nSPS) is 53.1. The third-order valence-corrected chi connectivity index (χ3v) is 10.00. The number of hydrogen-bond acceptors (Lipinski definition) is 3. The lowest BCUT2D eigenvalue weighted by atomic mass is 9.43. The zero-order valence-electron chi connectivity index (χ0n) is 17.2. The van der Waals surface area contributed by atoms with Crippen molar-refractivity contribution in [1.82, 2.24) is 0 Å². The van der Waals surface area contributed by atoms with E-state index in [-0.39, 0.29) is 35.4 Å². The van der Waals surface area contributed by atoms with E-state index in [1.807, 2.05) is 0 Å². The van der Waals surface area contributed by atoms with Gasteiger partial charge in [0.15, 0.2) is 0 Å². The summed E-state index contributed by atoms with van der Waals surface area (Å²) in [5, 5.41) is 30.8. The quantitative estimate of drug-likeness (QED) is 0.691. The van der Waals surface area contributed by atoms with Crippen molar-refractivity contribution in [2.45, 2.75) is 90.8 Å². The predicted octanol–water partition coefficient (Wildman–Crippen LogP) is 4.09. The molecule has 4 fully saturated rings. The second kappa shape index (κ2) is 6.73. The highest BCUT2D eigenvalue weighted by atomic mass is 16.4. The topological polar surface area (TPSA) is 77.8 Å². The average Bonchev–Trinajstić information content (AvgIpc) is 2.95. The van der Waals surface area contributed by atoms with E-state index < -0.39 is 5.97 Å². The molecule has 4 nitrogen and oxygen atoms in total. The predicted molar refractivity (Wildman–Crippen MR) is 104 cm³/mol. The Kier molecular flexibility index (Phi) is 4.91. The molecule has 0 heterocycles. The molecule has 4 rings (SSSR count). The van der Waals surface area contributed by atoms with Gasteiger partial charge in [-0.25, -0.2) is 0 Å². The van der Waals surface area contributed by atoms with Crippen molar-refractivity contribution in [3.8, 4) is 0 Å². The summed E-state index contributed by atoms with van der Waals surface area (Å²) in [4.78, 5) is 11.3. The minimum atomic E-state index is -0.716. The lowest BCUT2D eigenvalue weighted by Crippen LogP contribution is -2.58. The van der Waals surface area contributed by atoms with Gasteiger partial charge in [-0.2, -0.15) is 0 Å². The van der Waals surface area contributed by atoms with Gasteiger partial charge in [0.1, 0.15) is 0 Å². The van der Waals surface area contributed by atoms with Gasteiger partial charge in [-0.15, -0.1) is 0 Å². The van der Waals surface area contributed by atoms with E-state index in [0.717, 1.165) is 38.5 Å². The molecule has 154 valence electrons. The lowest BCUT2D eigenvalue weighted by molar-refractivity contribution is -0.175. The molecule has 4 aliphatic carbocycles. The van der Waals surface area contributed by atoms with Crippen LogP contribution in [-0.2, 0) is 4.79 Å². The lowest BCUT2D eigenvalue weighted by Gasteiger charge is -2.62. The molecular weight excluding hydrogens is 340 g/mol. The first-order chi connectivity index (χ1) is 12.7. The first-order valence-electron chi connectivity index (χ1n) is 11.3. The number of hydrogen-bond donors (Lipinski definition) is 3. The maximum absolute atomic E-state index is 11.4. The Labute approximate surface area is 163 Å². The van der Waals surface area contributed by atoms with Crippen molar-refractivity contribution >= 4 is 5.97 Å². The number of aliphatic carboxylic acids is 1. The fraction of sp³-hybridized carbons (Fsp3) is 0.957. The molecule has 0 bridgehead atoms. The minimum absolute atomic E-state index is 0.125. The molecule has 0 amide bonds. The van der Waals surface area contributed by atoms with Crippen molar-refractivity contribution in [2.24, 2.45) is 46.3 Å². The Hall–Kier alpha value is -0.610. The van der Waals surface area contributed by atoms with Gasteiger partial charge < -0.3 is 15.3 Å². The van der Waals surface area contributed by atoms with Crippen molar-refractivity contribution in [3.05, 3.63) is 0 Å². The Bertz CT molecular complexity index is 591. The fourth-order valence-corrected chi connectivity index (χ4v) is 8.58. The van der Waals surface area contributed by atoms with E-state index in [4.69, 9.17) is 0 Å². The Morgan fingerprint density at radius 2 is 1.78 bits per heavy atom. The average molecular weight is 379 g/mol. The van der Waals surface area contributed by atoms with Crippen LogP contribution in [0.4, 0.5) is 0 Å². The molecule has 4 heteroatoms. The molecule has 0 unspecified atom stereocenters. The van der Waals surface area contributed by atoms with Gasteiger partial charge in [-0.05, 0) is 97.7 Å². The van der Waals surface area contributed by atoms with Crippen LogP contribution in [0.15, 0.2) is 0 Å². The number of aliphatic hydroxyl groups is 2. The Balaban J connectivity index is 1.60. The molecule has 0 saturated heterocycles. The summed E-state index contributed by atoms with van der Waals surface area (Å²) < 4.78 is 0. The molecule has 0 spiro atoms. The van der Waals surface area contributed by atoms with Gasteiger partial charge in [0.05, 0.1) is 12.2 Å². The summed E-state index contributed by atoms with van der Waals surface area (Å²) in [5.41, 5.74) is 0.128. The van der Waals surface area contributed by atoms with E-state index in [0.29, 0.717) is 29.6 Å². The zero-order chi connectivity index (χ0) is 19.6. The summed E-state index contributed by atoms with van der Waals surface area (Å²) in [6.45, 7) is 6.79. The second-order valence-electron chi connectivity index (χ2n) is 11.0. The monoisotopic (exact) mass is 378 g/mol. The van der Waals surface area contributed by atoms with Crippen LogP contribution in [0, 0.1) is 46.3 Å². The van der Waals surface area contributed by atoms with Gasteiger partial charge in [0.25, 0.3) is 0 Å². The minimum Gasteiger partial charge on any atom is -0.481 e. The third kappa shape index (κ3) is 2.88. The summed E-state index contributed by atoms with van der Waals surface area (Å²) in [6, 6.07) is 0. The molecule has 10 atom stereocenters. The maximum atomic E-state index is 11.4. The van der Waals surface area contributed by atoms with Crippen LogP contribution in [0.3, 0.4) is 0 Å². The Morgan fingerprint density at radius 3 is 2.48 bits per heavy atom. The van der Waals surface area contributed by atoms with Crippen molar-refractivity contribution in [1.29, 1.82) is 0 Å². The van der Waals surface area contributed by atoms with Crippen LogP contribution in [0.2, 0.25) is 0 Å². The Morgan fingerprint density at radius 1 is 1.04 bits per heavy atom. The molecule has 27 heavy (non-hydrogen) atoms. The standard InChI is InChI=1S/C23H38O4/c1-13(10-21(26)27)17-6-7-18-16-5-4-14-11-15(24)8-9-22(14,2)19(16)12-20(25)23(17,18)3/h13-20,24-25H,4-12H2,1-3H3,(H,26,27)/t13-,14-,15-,16+,17-,18+,19+,20+,22+,23-/m0/s1. The highest BCUT2D eigenvalue weighted by molar-refractivity contribution is 5.67. The smallest absolute Gasteiger partial charge is 0.303 e. The van der Waals surface area contributed by atoms with Gasteiger partial charge in [0.2, 0.25) is 0 Å². The summed E-state index contributed by atoms with van der Waals surface area (Å²) in [6.07, 6.45) is 8.22. The largest absolute Gasteiger partial charge is 0.481 e. The zero-order valence-corrected chi connectivity index (χ0v) is 17.2. The molecule has 4 aliphatic rings. The molecule has 0 aliphatic heterocycles. The number of carboxylic acid groups (broad SMARTS) is 1. The van der Waals surface area contributed by atoms with Gasteiger partial charge in [-0.3, -0.25) is 4.79 Å². The second-order valence-corrected chi connectivity index (χ2v) is 11.0. The van der Waals surface area contributed by atoms with Gasteiger partial charge in [-0.1, -0.05) is 20.8 Å². The number of fused-ring (bicyclic) bond motifs is 5. The number of carbonyl (C=O) groups is 1. The van der Waals surface area contributed by atoms with Gasteiger partial charge in [0, 0.05) is 6.42 Å². The van der Waals surface area contributed by atoms with Crippen LogP contribution in [-0.4, -0.2) is 33.5 Å². The number of aliphatic hydroxyl groups excluding tert-OH is 2. The molecule has 0 aromatic heterocycles. The van der Waals surface area contributed by atoms with Crippen LogP contribution in [0.1, 0.15) is 78.6 Å². The molecule has 3 N–H and O–H groups in total. The van der Waals surface area contributed by atoms with Crippen LogP contribution < -0.4 is 0 Å². The van der Waals surface area contributed by atoms with Crippen LogP contribution >= 0.6 is 0 Å². The maximum Gasteiger partial charge on any atom is 0.303 e. The number of rotatable bonds is 3. The van der Waals surface area contributed by atoms with Gasteiger partial charge >= 0.3 is 5.97 Å². The molecule has 4 saturated carbocycles. The third-order valence-electron chi connectivity index (χ3n) is 10.00. The van der Waals surface area contributed by atoms with E-state index in [1.165, 1.54) is 12.8 Å². The van der Waals surface area contributed by atoms with Crippen LogP contribution in [0.25, 0.3) is 0 Å². The highest BCUT2D eigenvalue weighted by Crippen LogP contribution is 2.68. The first-order valence-corrected chi connectivity index (χ1v) is 11.3. The fourth-order valence-electron chi connectivity index (χ4n) is 8.58. The van der Waals surface area contributed by atoms with Crippen molar-refractivity contribution in [2.75, 3.05) is 0 Å². The van der Waals surface area contributed by atoms with E-state index in [2.05, 4.69) is 20.8 Å². The van der Waals surface area contributed by atoms with E-state index in [9.17, 15) is 20.1 Å². The number of carboxylic acids is 1. The first kappa shape index (κ1) is 19.7. The van der Waals surface area contributed by atoms with Crippen molar-refractivity contribution < 1.29 is 20.1 Å². The summed E-state index contributed by atoms with van der Waals surface area (Å²) in [5.74, 6) is 2.07. The SMILES string of the molecule is C[C@@H](CC(=O)O)[C@@H]1CC[C@@H]2[C@H]3CC[C@H]4C[C@@H](O)CC[C@@]4(C)[C@@H]3C[C@@H](O)[C@]21C. The molecule has 0 aromatic carbocycles. The molecule has 0 aromatic rings. The van der Waals surface area contributed by atoms with Crippen LogP contribution in [0.5, 0.6) is 0 Å². The molecular formula is C23H38O4. The molecule has 0 radical (unpaired) electrons. The highest BCUT2D eigenvalue weighted by Gasteiger charge is 2.63. The van der Waals surface area contributed by atoms with E-state index >= 15 is 0 Å².